The zero-order valence-corrected chi connectivity index (χ0v) is 24.6. The molecule has 40 heavy (non-hydrogen) atoms. The molecule has 1 aliphatic carbocycles. The molecule has 0 spiro atoms. The van der Waals surface area contributed by atoms with Crippen LogP contribution in [0.15, 0.2) is 24.3 Å². The van der Waals surface area contributed by atoms with Crippen molar-refractivity contribution in [3.05, 3.63) is 29.8 Å². The number of primary amides is 1. The molecular formula is C31H46N4O5. The van der Waals surface area contributed by atoms with E-state index in [0.29, 0.717) is 18.9 Å². The van der Waals surface area contributed by atoms with Gasteiger partial charge in [-0.25, -0.2) is 4.79 Å². The number of amides is 3. The molecule has 4 rings (SSSR count). The molecule has 3 amide bonds. The summed E-state index contributed by atoms with van der Waals surface area (Å²) < 4.78 is 5.61. The second kappa shape index (κ2) is 12.6. The molecule has 0 radical (unpaired) electrons. The lowest BCUT2D eigenvalue weighted by molar-refractivity contribution is -0.132. The van der Waals surface area contributed by atoms with Crippen LogP contribution in [0.1, 0.15) is 71.8 Å². The first kappa shape index (κ1) is 29.9. The lowest BCUT2D eigenvalue weighted by Crippen LogP contribution is -2.54. The van der Waals surface area contributed by atoms with E-state index in [4.69, 9.17) is 10.5 Å². The quantitative estimate of drug-likeness (QED) is 0.497. The highest BCUT2D eigenvalue weighted by molar-refractivity contribution is 5.91. The molecule has 0 bridgehead atoms. The van der Waals surface area contributed by atoms with E-state index in [2.05, 4.69) is 4.90 Å². The van der Waals surface area contributed by atoms with E-state index in [1.165, 1.54) is 0 Å². The number of carbonyl (C=O) groups excluding carboxylic acids is 4. The third-order valence-electron chi connectivity index (χ3n) is 8.39. The maximum atomic E-state index is 13.6. The molecule has 2 saturated heterocycles. The molecule has 2 aliphatic heterocycles. The molecule has 3 atom stereocenters. The average molecular weight is 555 g/mol. The predicted molar refractivity (Wildman–Crippen MR) is 154 cm³/mol. The first-order valence-corrected chi connectivity index (χ1v) is 14.9. The van der Waals surface area contributed by atoms with Gasteiger partial charge in [-0.2, -0.15) is 0 Å². The molecule has 3 fully saturated rings. The molecule has 220 valence electrons. The van der Waals surface area contributed by atoms with Gasteiger partial charge in [-0.1, -0.05) is 25.5 Å². The third-order valence-corrected chi connectivity index (χ3v) is 8.39. The summed E-state index contributed by atoms with van der Waals surface area (Å²) in [5.41, 5.74) is 7.13. The predicted octanol–water partition coefficient (Wildman–Crippen LogP) is 3.77. The number of piperidine rings is 1. The van der Waals surface area contributed by atoms with Gasteiger partial charge in [-0.3, -0.25) is 19.3 Å². The number of piperazine rings is 1. The number of ether oxygens (including phenoxy) is 1. The van der Waals surface area contributed by atoms with Crippen molar-refractivity contribution >= 4 is 29.4 Å². The van der Waals surface area contributed by atoms with Crippen molar-refractivity contribution in [1.82, 2.24) is 9.80 Å². The van der Waals surface area contributed by atoms with Gasteiger partial charge in [-0.15, -0.1) is 0 Å². The van der Waals surface area contributed by atoms with E-state index in [1.807, 2.05) is 56.9 Å². The van der Waals surface area contributed by atoms with E-state index >= 15 is 0 Å². The van der Waals surface area contributed by atoms with Gasteiger partial charge in [0.1, 0.15) is 5.60 Å². The number of rotatable bonds is 9. The average Bonchev–Trinajstić information content (AvgIpc) is 3.77. The van der Waals surface area contributed by atoms with Crippen LogP contribution in [0, 0.1) is 17.8 Å². The van der Waals surface area contributed by atoms with Crippen LogP contribution >= 0.6 is 0 Å². The molecule has 1 aromatic carbocycles. The standard InChI is InChI=1S/C31H46N4O5/c1-5-22-7-6-14-35(30(39)40-31(2,3)4)27(22)26(36)20-24(28(32)37)19-21-8-12-25(13-9-21)33-15-17-34(18-16-33)29(38)23-10-11-23/h8-9,12-13,22-24,27H,5-7,10-11,14-20H2,1-4H3,(H2,32,37)/t22-,24-,27+/m1/s1. The maximum absolute atomic E-state index is 13.6. The summed E-state index contributed by atoms with van der Waals surface area (Å²) in [5, 5.41) is 0. The summed E-state index contributed by atoms with van der Waals surface area (Å²) >= 11 is 0. The molecule has 1 saturated carbocycles. The summed E-state index contributed by atoms with van der Waals surface area (Å²) in [6.07, 6.45) is 4.38. The van der Waals surface area contributed by atoms with Crippen LogP contribution in [0.3, 0.4) is 0 Å². The monoisotopic (exact) mass is 554 g/mol. The van der Waals surface area contributed by atoms with Crippen LogP contribution in [0.25, 0.3) is 0 Å². The van der Waals surface area contributed by atoms with E-state index in [9.17, 15) is 19.2 Å². The van der Waals surface area contributed by atoms with Gasteiger partial charge < -0.3 is 20.3 Å². The normalized spacial score (nSPS) is 22.6. The van der Waals surface area contributed by atoms with Crippen molar-refractivity contribution in [3.63, 3.8) is 0 Å². The van der Waals surface area contributed by atoms with E-state index in [1.54, 1.807) is 4.90 Å². The smallest absolute Gasteiger partial charge is 0.410 e. The first-order chi connectivity index (χ1) is 19.0. The minimum Gasteiger partial charge on any atom is -0.444 e. The molecular weight excluding hydrogens is 508 g/mol. The number of ketones is 1. The maximum Gasteiger partial charge on any atom is 0.410 e. The number of anilines is 1. The zero-order chi connectivity index (χ0) is 29.0. The number of likely N-dealkylation sites (tertiary alicyclic amines) is 1. The number of carbonyl (C=O) groups is 4. The van der Waals surface area contributed by atoms with Crippen molar-refractivity contribution in [2.45, 2.75) is 84.3 Å². The van der Waals surface area contributed by atoms with Crippen molar-refractivity contribution < 1.29 is 23.9 Å². The highest BCUT2D eigenvalue weighted by Gasteiger charge is 2.41. The van der Waals surface area contributed by atoms with Gasteiger partial charge >= 0.3 is 6.09 Å². The van der Waals surface area contributed by atoms with Gasteiger partial charge in [0.2, 0.25) is 11.8 Å². The van der Waals surface area contributed by atoms with Gasteiger partial charge in [0, 0.05) is 56.7 Å². The number of nitrogens with zero attached hydrogens (tertiary/aromatic N) is 3. The summed E-state index contributed by atoms with van der Waals surface area (Å²) in [6, 6.07) is 7.43. The molecule has 2 heterocycles. The number of Topliss-reactive ketones (excluding diaryl/α,β-unsaturated/α-hetero) is 1. The summed E-state index contributed by atoms with van der Waals surface area (Å²) in [5.74, 6) is -0.716. The molecule has 9 nitrogen and oxygen atoms in total. The first-order valence-electron chi connectivity index (χ1n) is 14.9. The fourth-order valence-electron chi connectivity index (χ4n) is 6.00. The molecule has 9 heteroatoms. The molecule has 2 N–H and O–H groups in total. The number of hydrogen-bond acceptors (Lipinski definition) is 6. The molecule has 0 unspecified atom stereocenters. The Bertz CT molecular complexity index is 1070. The van der Waals surface area contributed by atoms with E-state index in [0.717, 1.165) is 69.5 Å². The van der Waals surface area contributed by atoms with Crippen molar-refractivity contribution in [2.24, 2.45) is 23.5 Å². The fraction of sp³-hybridized carbons (Fsp3) is 0.677. The van der Waals surface area contributed by atoms with Crippen LogP contribution in [0.5, 0.6) is 0 Å². The summed E-state index contributed by atoms with van der Waals surface area (Å²) in [6.45, 7) is 11.0. The zero-order valence-electron chi connectivity index (χ0n) is 24.6. The SMILES string of the molecule is CC[C@@H]1CCCN(C(=O)OC(C)(C)C)[C@@H]1C(=O)C[C@@H](Cc1ccc(N2CCN(C(=O)C3CC3)CC2)cc1)C(N)=O. The molecule has 3 aliphatic rings. The van der Waals surface area contributed by atoms with Crippen LogP contribution in [0.4, 0.5) is 10.5 Å². The Kier molecular flexibility index (Phi) is 9.41. The largest absolute Gasteiger partial charge is 0.444 e. The van der Waals surface area contributed by atoms with Gasteiger partial charge in [0.25, 0.3) is 0 Å². The van der Waals surface area contributed by atoms with Crippen molar-refractivity contribution in [3.8, 4) is 0 Å². The van der Waals surface area contributed by atoms with E-state index in [-0.39, 0.29) is 24.0 Å². The number of hydrogen-bond donors (Lipinski definition) is 1. The highest BCUT2D eigenvalue weighted by Crippen LogP contribution is 2.32. The molecule has 0 aromatic heterocycles. The Labute approximate surface area is 238 Å². The lowest BCUT2D eigenvalue weighted by Gasteiger charge is -2.41. The summed E-state index contributed by atoms with van der Waals surface area (Å²) in [7, 11) is 0. The Morgan fingerprint density at radius 2 is 1.62 bits per heavy atom. The second-order valence-corrected chi connectivity index (χ2v) is 12.7. The molecule has 1 aromatic rings. The second-order valence-electron chi connectivity index (χ2n) is 12.7. The topological polar surface area (TPSA) is 113 Å². The van der Waals surface area contributed by atoms with Crippen LogP contribution in [0.2, 0.25) is 0 Å². The Morgan fingerprint density at radius 3 is 2.17 bits per heavy atom. The fourth-order valence-corrected chi connectivity index (χ4v) is 6.00. The van der Waals surface area contributed by atoms with Gasteiger partial charge in [-0.05, 0) is 76.5 Å². The van der Waals surface area contributed by atoms with Gasteiger partial charge in [0.15, 0.2) is 5.78 Å². The third kappa shape index (κ3) is 7.55. The van der Waals surface area contributed by atoms with Gasteiger partial charge in [0.05, 0.1) is 6.04 Å². The highest BCUT2D eigenvalue weighted by atomic mass is 16.6. The lowest BCUT2D eigenvalue weighted by atomic mass is 9.81. The van der Waals surface area contributed by atoms with Crippen LogP contribution < -0.4 is 10.6 Å². The van der Waals surface area contributed by atoms with Crippen molar-refractivity contribution in [2.75, 3.05) is 37.6 Å². The number of nitrogens with two attached hydrogens (primary N) is 1. The van der Waals surface area contributed by atoms with Crippen LogP contribution in [-0.2, 0) is 25.5 Å². The Morgan fingerprint density at radius 1 is 0.975 bits per heavy atom. The van der Waals surface area contributed by atoms with Crippen LogP contribution in [-0.4, -0.2) is 77.9 Å². The van der Waals surface area contributed by atoms with E-state index < -0.39 is 29.6 Å². The Balaban J connectivity index is 1.38. The minimum absolute atomic E-state index is 0.00542. The Hall–Kier alpha value is -3.10. The summed E-state index contributed by atoms with van der Waals surface area (Å²) in [4.78, 5) is 57.2. The van der Waals surface area contributed by atoms with Crippen molar-refractivity contribution in [1.29, 1.82) is 0 Å². The number of benzene rings is 1. The minimum atomic E-state index is -0.659.